The Hall–Kier alpha value is -2.72. The molecule has 0 aliphatic carbocycles. The van der Waals surface area contributed by atoms with Gasteiger partial charge in [-0.25, -0.2) is 0 Å². The summed E-state index contributed by atoms with van der Waals surface area (Å²) in [6, 6.07) is 28.1. The van der Waals surface area contributed by atoms with Gasteiger partial charge in [0.2, 0.25) is 0 Å². The number of hydrogen-bond acceptors (Lipinski definition) is 2. The van der Waals surface area contributed by atoms with Gasteiger partial charge in [-0.2, -0.15) is 0 Å². The van der Waals surface area contributed by atoms with Gasteiger partial charge < -0.3 is 5.32 Å². The summed E-state index contributed by atoms with van der Waals surface area (Å²) in [7, 11) is -0.924. The molecule has 0 bridgehead atoms. The third kappa shape index (κ3) is 5.64. The predicted octanol–water partition coefficient (Wildman–Crippen LogP) is 4.52. The van der Waals surface area contributed by atoms with E-state index in [2.05, 4.69) is 29.6 Å². The van der Waals surface area contributed by atoms with Gasteiger partial charge in [-0.05, 0) is 35.2 Å². The van der Waals surface area contributed by atoms with Crippen molar-refractivity contribution in [3.63, 3.8) is 0 Å². The van der Waals surface area contributed by atoms with Crippen molar-refractivity contribution < 1.29 is 9.00 Å². The van der Waals surface area contributed by atoms with Crippen LogP contribution in [0.3, 0.4) is 0 Å². The Morgan fingerprint density at radius 2 is 1.50 bits per heavy atom. The normalized spacial score (nSPS) is 11.9. The number of rotatable bonds is 8. The molecule has 0 saturated carbocycles. The van der Waals surface area contributed by atoms with Crippen molar-refractivity contribution in [2.75, 3.05) is 12.8 Å². The van der Waals surface area contributed by atoms with Crippen molar-refractivity contribution in [1.82, 2.24) is 5.32 Å². The fourth-order valence-electron chi connectivity index (χ4n) is 3.37. The second-order valence-electron chi connectivity index (χ2n) is 6.84. The molecule has 1 amide bonds. The van der Waals surface area contributed by atoms with E-state index in [-0.39, 0.29) is 11.8 Å². The Kier molecular flexibility index (Phi) is 7.15. The van der Waals surface area contributed by atoms with Crippen molar-refractivity contribution in [3.8, 4) is 0 Å². The maximum atomic E-state index is 12.6. The highest BCUT2D eigenvalue weighted by Gasteiger charge is 2.14. The van der Waals surface area contributed by atoms with E-state index in [1.54, 1.807) is 12.3 Å². The van der Waals surface area contributed by atoms with Crippen LogP contribution in [0, 0.1) is 0 Å². The van der Waals surface area contributed by atoms with E-state index in [1.807, 2.05) is 54.6 Å². The number of carbonyl (C=O) groups excluding carboxylic acids is 1. The predicted molar refractivity (Wildman–Crippen MR) is 116 cm³/mol. The lowest BCUT2D eigenvalue weighted by Crippen LogP contribution is -2.26. The van der Waals surface area contributed by atoms with Crippen LogP contribution in [0.25, 0.3) is 0 Å². The summed E-state index contributed by atoms with van der Waals surface area (Å²) in [5, 5.41) is 3.03. The minimum atomic E-state index is -0.924. The van der Waals surface area contributed by atoms with Gasteiger partial charge in [-0.1, -0.05) is 72.8 Å². The first-order valence-electron chi connectivity index (χ1n) is 9.40. The van der Waals surface area contributed by atoms with Crippen LogP contribution < -0.4 is 5.32 Å². The molecule has 0 fully saturated rings. The molecule has 1 atom stereocenters. The molecule has 0 radical (unpaired) electrons. The largest absolute Gasteiger partial charge is 0.352 e. The quantitative estimate of drug-likeness (QED) is 0.614. The minimum absolute atomic E-state index is 0.0939. The molecule has 0 heterocycles. The molecule has 28 heavy (non-hydrogen) atoms. The highest BCUT2D eigenvalue weighted by Crippen LogP contribution is 2.27. The van der Waals surface area contributed by atoms with Gasteiger partial charge in [0.1, 0.15) is 0 Å². The zero-order valence-corrected chi connectivity index (χ0v) is 16.8. The van der Waals surface area contributed by atoms with Crippen molar-refractivity contribution in [2.45, 2.75) is 18.1 Å². The number of hydrogen-bond donors (Lipinski definition) is 1. The Bertz CT molecular complexity index is 886. The highest BCUT2D eigenvalue weighted by molar-refractivity contribution is 7.83. The lowest BCUT2D eigenvalue weighted by Gasteiger charge is -2.18. The Balaban J connectivity index is 1.66. The first kappa shape index (κ1) is 20.0. The van der Waals surface area contributed by atoms with Crippen LogP contribution in [-0.2, 0) is 16.6 Å². The van der Waals surface area contributed by atoms with E-state index in [1.165, 1.54) is 11.1 Å². The molecule has 144 valence electrons. The standard InChI is InChI=1S/C24H25NO2S/c1-28(27)18-19-9-8-14-22(17-19)24(26)25-16-15-23(20-10-4-2-5-11-20)21-12-6-3-7-13-21/h2-14,17,23H,15-16,18H2,1H3,(H,25,26). The summed E-state index contributed by atoms with van der Waals surface area (Å²) in [6.07, 6.45) is 2.48. The molecule has 3 aromatic carbocycles. The molecule has 4 heteroatoms. The van der Waals surface area contributed by atoms with Crippen LogP contribution >= 0.6 is 0 Å². The van der Waals surface area contributed by atoms with Gasteiger partial charge in [0.05, 0.1) is 0 Å². The average Bonchev–Trinajstić information content (AvgIpc) is 2.72. The lowest BCUT2D eigenvalue weighted by molar-refractivity contribution is 0.0952. The number of amides is 1. The molecule has 0 aromatic heterocycles. The second-order valence-corrected chi connectivity index (χ2v) is 8.27. The number of benzene rings is 3. The number of nitrogens with one attached hydrogen (secondary N) is 1. The van der Waals surface area contributed by atoms with Crippen molar-refractivity contribution in [2.24, 2.45) is 0 Å². The van der Waals surface area contributed by atoms with Gasteiger partial charge in [0.15, 0.2) is 0 Å². The lowest BCUT2D eigenvalue weighted by atomic mass is 9.88. The summed E-state index contributed by atoms with van der Waals surface area (Å²) in [5.41, 5.74) is 4.02. The molecular weight excluding hydrogens is 366 g/mol. The van der Waals surface area contributed by atoms with E-state index < -0.39 is 10.8 Å². The van der Waals surface area contributed by atoms with Gasteiger partial charge in [0.25, 0.3) is 5.91 Å². The first-order valence-corrected chi connectivity index (χ1v) is 11.1. The monoisotopic (exact) mass is 391 g/mol. The maximum absolute atomic E-state index is 12.6. The van der Waals surface area contributed by atoms with Crippen molar-refractivity contribution in [1.29, 1.82) is 0 Å². The van der Waals surface area contributed by atoms with Crippen LogP contribution in [0.4, 0.5) is 0 Å². The topological polar surface area (TPSA) is 46.2 Å². The van der Waals surface area contributed by atoms with Crippen molar-refractivity contribution >= 4 is 16.7 Å². The Labute approximate surface area is 169 Å². The molecular formula is C24H25NO2S. The van der Waals surface area contributed by atoms with Crippen LogP contribution in [0.2, 0.25) is 0 Å². The molecule has 3 nitrogen and oxygen atoms in total. The average molecular weight is 392 g/mol. The van der Waals surface area contributed by atoms with E-state index in [4.69, 9.17) is 0 Å². The second kappa shape index (κ2) is 10.00. The van der Waals surface area contributed by atoms with Gasteiger partial charge >= 0.3 is 0 Å². The first-order chi connectivity index (χ1) is 13.6. The van der Waals surface area contributed by atoms with Crippen LogP contribution in [0.1, 0.15) is 39.4 Å². The SMILES string of the molecule is CS(=O)Cc1cccc(C(=O)NCCC(c2ccccc2)c2ccccc2)c1. The molecule has 0 aliphatic heterocycles. The molecule has 0 spiro atoms. The molecule has 0 saturated heterocycles. The van der Waals surface area contributed by atoms with E-state index in [0.29, 0.717) is 17.9 Å². The van der Waals surface area contributed by atoms with Crippen LogP contribution in [0.5, 0.6) is 0 Å². The summed E-state index contributed by atoms with van der Waals surface area (Å²) in [4.78, 5) is 12.6. The van der Waals surface area contributed by atoms with E-state index in [0.717, 1.165) is 12.0 Å². The van der Waals surface area contributed by atoms with Crippen LogP contribution in [-0.4, -0.2) is 22.9 Å². The van der Waals surface area contributed by atoms with Gasteiger partial charge in [0, 0.05) is 40.8 Å². The molecule has 0 aliphatic rings. The third-order valence-corrected chi connectivity index (χ3v) is 5.42. The smallest absolute Gasteiger partial charge is 0.251 e. The fraction of sp³-hybridized carbons (Fsp3) is 0.208. The molecule has 3 aromatic rings. The Morgan fingerprint density at radius 3 is 2.07 bits per heavy atom. The fourth-order valence-corrected chi connectivity index (χ4v) is 4.01. The van der Waals surface area contributed by atoms with Gasteiger partial charge in [-0.15, -0.1) is 0 Å². The van der Waals surface area contributed by atoms with Crippen LogP contribution in [0.15, 0.2) is 84.9 Å². The summed E-state index contributed by atoms with van der Waals surface area (Å²) < 4.78 is 11.4. The third-order valence-electron chi connectivity index (χ3n) is 4.68. The van der Waals surface area contributed by atoms with Gasteiger partial charge in [-0.3, -0.25) is 9.00 Å². The van der Waals surface area contributed by atoms with Crippen molar-refractivity contribution in [3.05, 3.63) is 107 Å². The van der Waals surface area contributed by atoms with E-state index in [9.17, 15) is 9.00 Å². The minimum Gasteiger partial charge on any atom is -0.352 e. The summed E-state index contributed by atoms with van der Waals surface area (Å²) in [6.45, 7) is 0.581. The molecule has 3 rings (SSSR count). The summed E-state index contributed by atoms with van der Waals surface area (Å²) >= 11 is 0. The molecule has 1 unspecified atom stereocenters. The van der Waals surface area contributed by atoms with E-state index >= 15 is 0 Å². The zero-order valence-electron chi connectivity index (χ0n) is 16.0. The Morgan fingerprint density at radius 1 is 0.893 bits per heavy atom. The zero-order chi connectivity index (χ0) is 19.8. The number of carbonyl (C=O) groups is 1. The summed E-state index contributed by atoms with van der Waals surface area (Å²) in [5.74, 6) is 0.603. The maximum Gasteiger partial charge on any atom is 0.251 e. The molecule has 1 N–H and O–H groups in total. The highest BCUT2D eigenvalue weighted by atomic mass is 32.2.